The van der Waals surface area contributed by atoms with Crippen LogP contribution in [0.1, 0.15) is 0 Å². The number of hydrogen-bond acceptors (Lipinski definition) is 1. The second-order valence-corrected chi connectivity index (χ2v) is 12.0. The van der Waals surface area contributed by atoms with E-state index in [2.05, 4.69) is 194 Å². The number of pyridine rings is 1. The standard InChI is InChI=1S/C47H33N/c1-5-14-34(15-6-1)40-22-13-23-41(28-40)37-24-26-38(27-25-37)43-29-42(35-16-7-2-8-17-35)30-45(31-43)47-33-44(36-18-9-3-10-19-36)32-46(48-47)39-20-11-4-12-21-39/h1-33H. The fourth-order valence-corrected chi connectivity index (χ4v) is 6.34. The molecule has 0 radical (unpaired) electrons. The van der Waals surface area contributed by atoms with Gasteiger partial charge in [-0.25, -0.2) is 4.98 Å². The van der Waals surface area contributed by atoms with Crippen molar-refractivity contribution in [2.45, 2.75) is 0 Å². The summed E-state index contributed by atoms with van der Waals surface area (Å²) < 4.78 is 0. The van der Waals surface area contributed by atoms with Gasteiger partial charge in [0, 0.05) is 11.1 Å². The SMILES string of the molecule is c1ccc(-c2cccc(-c3ccc(-c4cc(-c5ccccc5)cc(-c5cc(-c6ccccc6)cc(-c6ccccc6)n5)c4)cc3)c2)cc1. The van der Waals surface area contributed by atoms with Gasteiger partial charge in [-0.3, -0.25) is 0 Å². The maximum Gasteiger partial charge on any atom is 0.0716 e. The Morgan fingerprint density at radius 2 is 0.479 bits per heavy atom. The first kappa shape index (κ1) is 29.1. The lowest BCUT2D eigenvalue weighted by atomic mass is 9.92. The number of rotatable bonds is 7. The highest BCUT2D eigenvalue weighted by Gasteiger charge is 2.13. The van der Waals surface area contributed by atoms with E-state index in [0.29, 0.717) is 0 Å². The van der Waals surface area contributed by atoms with Crippen LogP contribution in [0.4, 0.5) is 0 Å². The number of aromatic nitrogens is 1. The highest BCUT2D eigenvalue weighted by Crippen LogP contribution is 2.36. The Morgan fingerprint density at radius 1 is 0.188 bits per heavy atom. The van der Waals surface area contributed by atoms with Crippen LogP contribution < -0.4 is 0 Å². The minimum Gasteiger partial charge on any atom is -0.248 e. The molecule has 8 rings (SSSR count). The molecule has 1 heteroatoms. The zero-order valence-electron chi connectivity index (χ0n) is 26.5. The summed E-state index contributed by atoms with van der Waals surface area (Å²) in [6.07, 6.45) is 0. The zero-order chi connectivity index (χ0) is 32.1. The molecule has 0 saturated carbocycles. The Kier molecular flexibility index (Phi) is 8.01. The minimum atomic E-state index is 0.948. The van der Waals surface area contributed by atoms with Crippen LogP contribution in [0.15, 0.2) is 200 Å². The molecule has 0 saturated heterocycles. The molecule has 48 heavy (non-hydrogen) atoms. The first-order valence-electron chi connectivity index (χ1n) is 16.4. The summed E-state index contributed by atoms with van der Waals surface area (Å²) in [7, 11) is 0. The smallest absolute Gasteiger partial charge is 0.0716 e. The van der Waals surface area contributed by atoms with Gasteiger partial charge < -0.3 is 0 Å². The van der Waals surface area contributed by atoms with Crippen molar-refractivity contribution in [1.82, 2.24) is 4.98 Å². The maximum absolute atomic E-state index is 5.26. The summed E-state index contributed by atoms with van der Waals surface area (Å²) in [5, 5.41) is 0. The Morgan fingerprint density at radius 3 is 0.958 bits per heavy atom. The Balaban J connectivity index is 1.23. The molecule has 0 aliphatic heterocycles. The van der Waals surface area contributed by atoms with E-state index in [1.807, 2.05) is 6.07 Å². The van der Waals surface area contributed by atoms with Crippen LogP contribution in [-0.4, -0.2) is 4.98 Å². The molecule has 0 N–H and O–H groups in total. The fraction of sp³-hybridized carbons (Fsp3) is 0. The van der Waals surface area contributed by atoms with E-state index in [0.717, 1.165) is 39.2 Å². The van der Waals surface area contributed by atoms with E-state index < -0.39 is 0 Å². The Labute approximate surface area is 282 Å². The molecule has 1 nitrogen and oxygen atoms in total. The highest BCUT2D eigenvalue weighted by molar-refractivity contribution is 5.84. The molecule has 0 atom stereocenters. The summed E-state index contributed by atoms with van der Waals surface area (Å²) >= 11 is 0. The van der Waals surface area contributed by atoms with Crippen molar-refractivity contribution >= 4 is 0 Å². The first-order valence-corrected chi connectivity index (χ1v) is 16.4. The molecule has 226 valence electrons. The Bertz CT molecular complexity index is 2230. The number of hydrogen-bond donors (Lipinski definition) is 0. The molecular formula is C47H33N. The van der Waals surface area contributed by atoms with Gasteiger partial charge in [-0.1, -0.05) is 164 Å². The Hall–Kier alpha value is -6.31. The molecule has 0 amide bonds. The van der Waals surface area contributed by atoms with Crippen LogP contribution in [0.3, 0.4) is 0 Å². The molecular weight excluding hydrogens is 579 g/mol. The second-order valence-electron chi connectivity index (χ2n) is 12.0. The van der Waals surface area contributed by atoms with Crippen molar-refractivity contribution < 1.29 is 0 Å². The largest absolute Gasteiger partial charge is 0.248 e. The topological polar surface area (TPSA) is 12.9 Å². The normalized spacial score (nSPS) is 10.9. The van der Waals surface area contributed by atoms with Gasteiger partial charge in [-0.15, -0.1) is 0 Å². The summed E-state index contributed by atoms with van der Waals surface area (Å²) in [6.45, 7) is 0. The van der Waals surface area contributed by atoms with Gasteiger partial charge in [0.25, 0.3) is 0 Å². The van der Waals surface area contributed by atoms with Gasteiger partial charge in [0.05, 0.1) is 11.4 Å². The van der Waals surface area contributed by atoms with Gasteiger partial charge in [-0.2, -0.15) is 0 Å². The van der Waals surface area contributed by atoms with E-state index in [1.165, 1.54) is 38.9 Å². The predicted molar refractivity (Wildman–Crippen MR) is 202 cm³/mol. The van der Waals surface area contributed by atoms with Gasteiger partial charge in [0.1, 0.15) is 0 Å². The van der Waals surface area contributed by atoms with Crippen LogP contribution in [0.2, 0.25) is 0 Å². The van der Waals surface area contributed by atoms with Crippen molar-refractivity contribution in [3.8, 4) is 78.1 Å². The average Bonchev–Trinajstić information content (AvgIpc) is 3.19. The lowest BCUT2D eigenvalue weighted by Gasteiger charge is -2.14. The van der Waals surface area contributed by atoms with Gasteiger partial charge >= 0.3 is 0 Å². The van der Waals surface area contributed by atoms with E-state index in [1.54, 1.807) is 0 Å². The van der Waals surface area contributed by atoms with Crippen LogP contribution in [0.5, 0.6) is 0 Å². The van der Waals surface area contributed by atoms with Gasteiger partial charge in [-0.05, 0) is 92.0 Å². The van der Waals surface area contributed by atoms with Crippen LogP contribution >= 0.6 is 0 Å². The molecule has 0 unspecified atom stereocenters. The fourth-order valence-electron chi connectivity index (χ4n) is 6.34. The van der Waals surface area contributed by atoms with Crippen LogP contribution in [0.25, 0.3) is 78.1 Å². The second kappa shape index (κ2) is 13.2. The summed E-state index contributed by atoms with van der Waals surface area (Å²) in [4.78, 5) is 5.26. The molecule has 8 aromatic rings. The third-order valence-electron chi connectivity index (χ3n) is 8.86. The third-order valence-corrected chi connectivity index (χ3v) is 8.86. The molecule has 0 fully saturated rings. The molecule has 0 aliphatic carbocycles. The van der Waals surface area contributed by atoms with Gasteiger partial charge in [0.2, 0.25) is 0 Å². The molecule has 0 spiro atoms. The number of nitrogens with zero attached hydrogens (tertiary/aromatic N) is 1. The van der Waals surface area contributed by atoms with Crippen molar-refractivity contribution in [2.75, 3.05) is 0 Å². The molecule has 1 aromatic heterocycles. The predicted octanol–water partition coefficient (Wildman–Crippen LogP) is 12.8. The van der Waals surface area contributed by atoms with Crippen molar-refractivity contribution in [2.24, 2.45) is 0 Å². The first-order chi connectivity index (χ1) is 23.8. The average molecular weight is 612 g/mol. The quantitative estimate of drug-likeness (QED) is 0.175. The van der Waals surface area contributed by atoms with Crippen molar-refractivity contribution in [1.29, 1.82) is 0 Å². The van der Waals surface area contributed by atoms with Crippen LogP contribution in [0, 0.1) is 0 Å². The molecule has 7 aromatic carbocycles. The minimum absolute atomic E-state index is 0.948. The highest BCUT2D eigenvalue weighted by atomic mass is 14.7. The van der Waals surface area contributed by atoms with Crippen molar-refractivity contribution in [3.05, 3.63) is 200 Å². The van der Waals surface area contributed by atoms with E-state index >= 15 is 0 Å². The molecule has 1 heterocycles. The van der Waals surface area contributed by atoms with E-state index in [4.69, 9.17) is 4.98 Å². The van der Waals surface area contributed by atoms with E-state index in [9.17, 15) is 0 Å². The monoisotopic (exact) mass is 611 g/mol. The lowest BCUT2D eigenvalue weighted by Crippen LogP contribution is -1.93. The van der Waals surface area contributed by atoms with Crippen molar-refractivity contribution in [3.63, 3.8) is 0 Å². The molecule has 0 aliphatic rings. The van der Waals surface area contributed by atoms with E-state index in [-0.39, 0.29) is 0 Å². The van der Waals surface area contributed by atoms with Crippen LogP contribution in [-0.2, 0) is 0 Å². The van der Waals surface area contributed by atoms with Gasteiger partial charge in [0.15, 0.2) is 0 Å². The summed E-state index contributed by atoms with van der Waals surface area (Å²) in [5.41, 5.74) is 15.9. The number of benzene rings is 7. The zero-order valence-corrected chi connectivity index (χ0v) is 26.5. The lowest BCUT2D eigenvalue weighted by molar-refractivity contribution is 1.32. The maximum atomic E-state index is 5.26. The summed E-state index contributed by atoms with van der Waals surface area (Å²) in [5.74, 6) is 0. The summed E-state index contributed by atoms with van der Waals surface area (Å²) in [6, 6.07) is 71.2. The molecule has 0 bridgehead atoms. The third kappa shape index (κ3) is 6.23.